The molecule has 0 bridgehead atoms. The maximum Gasteiger partial charge on any atom is 0.261 e. The summed E-state index contributed by atoms with van der Waals surface area (Å²) in [5, 5.41) is 2.41. The molecular weight excluding hydrogens is 404 g/mol. The van der Waals surface area contributed by atoms with E-state index in [1.165, 1.54) is 7.11 Å². The van der Waals surface area contributed by atoms with Crippen LogP contribution in [0, 0.1) is 5.92 Å². The van der Waals surface area contributed by atoms with Crippen molar-refractivity contribution in [3.63, 3.8) is 0 Å². The highest BCUT2D eigenvalue weighted by molar-refractivity contribution is 7.80. The van der Waals surface area contributed by atoms with E-state index in [0.717, 1.165) is 5.56 Å². The second-order valence-electron chi connectivity index (χ2n) is 6.76. The molecule has 1 aliphatic heterocycles. The van der Waals surface area contributed by atoms with Gasteiger partial charge < -0.3 is 9.64 Å². The van der Waals surface area contributed by atoms with Crippen LogP contribution in [-0.2, 0) is 16.1 Å². The molecule has 2 aromatic carbocycles. The third kappa shape index (κ3) is 5.32. The Bertz CT molecular complexity index is 951. The molecule has 2 aromatic rings. The molecule has 0 saturated carbocycles. The molecule has 1 unspecified atom stereocenters. The second-order valence-corrected chi connectivity index (χ2v) is 7.17. The lowest BCUT2D eigenvalue weighted by atomic mass is 10.1. The average molecular weight is 426 g/mol. The van der Waals surface area contributed by atoms with Crippen molar-refractivity contribution in [2.45, 2.75) is 13.0 Å². The fourth-order valence-electron chi connectivity index (χ4n) is 3.16. The molecule has 156 valence electrons. The largest absolute Gasteiger partial charge is 0.496 e. The van der Waals surface area contributed by atoms with Gasteiger partial charge in [-0.25, -0.2) is 0 Å². The summed E-state index contributed by atoms with van der Waals surface area (Å²) in [6, 6.07) is 16.3. The van der Waals surface area contributed by atoms with E-state index in [9.17, 15) is 14.4 Å². The van der Waals surface area contributed by atoms with Crippen LogP contribution in [-0.4, -0.2) is 41.4 Å². The number of hydrogen-bond donors (Lipinski definition) is 3. The first-order chi connectivity index (χ1) is 14.5. The van der Waals surface area contributed by atoms with Gasteiger partial charge in [-0.15, -0.1) is 0 Å². The number of nitrogens with zero attached hydrogens (tertiary/aromatic N) is 1. The van der Waals surface area contributed by atoms with E-state index in [0.29, 0.717) is 24.4 Å². The SMILES string of the molecule is COc1ccccc1C(=O)NC(=S)NNC(=O)C1CC(=O)N(Cc2ccccc2)C1. The molecule has 3 amide bonds. The Morgan fingerprint density at radius 1 is 1.10 bits per heavy atom. The van der Waals surface area contributed by atoms with E-state index in [-0.39, 0.29) is 23.3 Å². The number of hydrazine groups is 1. The monoisotopic (exact) mass is 426 g/mol. The van der Waals surface area contributed by atoms with Crippen LogP contribution < -0.4 is 20.9 Å². The van der Waals surface area contributed by atoms with Gasteiger partial charge in [0.25, 0.3) is 5.91 Å². The summed E-state index contributed by atoms with van der Waals surface area (Å²) in [6.07, 6.45) is 0.126. The van der Waals surface area contributed by atoms with Gasteiger partial charge in [-0.3, -0.25) is 30.6 Å². The Morgan fingerprint density at radius 2 is 1.80 bits per heavy atom. The smallest absolute Gasteiger partial charge is 0.261 e. The Morgan fingerprint density at radius 3 is 2.53 bits per heavy atom. The molecule has 30 heavy (non-hydrogen) atoms. The van der Waals surface area contributed by atoms with Crippen LogP contribution in [0.3, 0.4) is 0 Å². The van der Waals surface area contributed by atoms with Crippen molar-refractivity contribution in [3.8, 4) is 5.75 Å². The molecule has 0 aromatic heterocycles. The zero-order valence-electron chi connectivity index (χ0n) is 16.4. The average Bonchev–Trinajstić information content (AvgIpc) is 3.13. The first-order valence-electron chi connectivity index (χ1n) is 9.34. The van der Waals surface area contributed by atoms with Crippen LogP contribution >= 0.6 is 12.2 Å². The van der Waals surface area contributed by atoms with Crippen molar-refractivity contribution < 1.29 is 19.1 Å². The van der Waals surface area contributed by atoms with Gasteiger partial charge in [0.2, 0.25) is 11.8 Å². The first-order valence-corrected chi connectivity index (χ1v) is 9.74. The molecule has 3 rings (SSSR count). The minimum absolute atomic E-state index is 0.0651. The standard InChI is InChI=1S/C21H22N4O4S/c1-29-17-10-6-5-9-16(17)20(28)22-21(30)24-23-19(27)15-11-18(26)25(13-15)12-14-7-3-2-4-8-14/h2-10,15H,11-13H2,1H3,(H,23,27)(H2,22,24,28,30). The molecule has 9 heteroatoms. The summed E-state index contributed by atoms with van der Waals surface area (Å²) in [5.74, 6) is -1.01. The lowest BCUT2D eigenvalue weighted by Gasteiger charge is -2.17. The van der Waals surface area contributed by atoms with Crippen molar-refractivity contribution >= 4 is 35.1 Å². The number of thiocarbonyl (C=S) groups is 1. The van der Waals surface area contributed by atoms with Crippen molar-refractivity contribution in [2.24, 2.45) is 5.92 Å². The number of benzene rings is 2. The quantitative estimate of drug-likeness (QED) is 0.494. The Hall–Kier alpha value is -3.46. The van der Waals surface area contributed by atoms with Crippen LogP contribution in [0.4, 0.5) is 0 Å². The molecule has 8 nitrogen and oxygen atoms in total. The number of hydrogen-bond acceptors (Lipinski definition) is 5. The van der Waals surface area contributed by atoms with Crippen LogP contribution in [0.5, 0.6) is 5.75 Å². The van der Waals surface area contributed by atoms with Crippen LogP contribution in [0.25, 0.3) is 0 Å². The zero-order chi connectivity index (χ0) is 21.5. The maximum absolute atomic E-state index is 12.4. The highest BCUT2D eigenvalue weighted by Gasteiger charge is 2.34. The first kappa shape index (κ1) is 21.3. The normalized spacial score (nSPS) is 15.4. The van der Waals surface area contributed by atoms with Crippen molar-refractivity contribution in [2.75, 3.05) is 13.7 Å². The number of nitrogens with one attached hydrogen (secondary N) is 3. The van der Waals surface area contributed by atoms with Gasteiger partial charge in [-0.2, -0.15) is 0 Å². The topological polar surface area (TPSA) is 99.8 Å². The minimum Gasteiger partial charge on any atom is -0.496 e. The Balaban J connectivity index is 1.47. The molecule has 0 aliphatic carbocycles. The van der Waals surface area contributed by atoms with Crippen molar-refractivity contribution in [1.29, 1.82) is 0 Å². The molecule has 1 heterocycles. The molecule has 1 saturated heterocycles. The van der Waals surface area contributed by atoms with Crippen LogP contribution in [0.15, 0.2) is 54.6 Å². The molecule has 0 spiro atoms. The minimum atomic E-state index is -0.499. The van der Waals surface area contributed by atoms with Crippen molar-refractivity contribution in [3.05, 3.63) is 65.7 Å². The summed E-state index contributed by atoms with van der Waals surface area (Å²) in [6.45, 7) is 0.784. The number of carbonyl (C=O) groups excluding carboxylic acids is 3. The fraction of sp³-hybridized carbons (Fsp3) is 0.238. The maximum atomic E-state index is 12.4. The summed E-state index contributed by atoms with van der Waals surface area (Å²) in [7, 11) is 1.47. The van der Waals surface area contributed by atoms with E-state index in [4.69, 9.17) is 17.0 Å². The second kappa shape index (κ2) is 9.84. The number of amides is 3. The van der Waals surface area contributed by atoms with E-state index in [1.807, 2.05) is 30.3 Å². The van der Waals surface area contributed by atoms with Gasteiger partial charge in [0.1, 0.15) is 5.75 Å². The van der Waals surface area contributed by atoms with Gasteiger partial charge in [0, 0.05) is 19.5 Å². The van der Waals surface area contributed by atoms with E-state index >= 15 is 0 Å². The number of para-hydroxylation sites is 1. The van der Waals surface area contributed by atoms with E-state index in [2.05, 4.69) is 16.2 Å². The third-order valence-electron chi connectivity index (χ3n) is 4.68. The van der Waals surface area contributed by atoms with Gasteiger partial charge in [0.05, 0.1) is 18.6 Å². The van der Waals surface area contributed by atoms with Crippen molar-refractivity contribution in [1.82, 2.24) is 21.1 Å². The summed E-state index contributed by atoms with van der Waals surface area (Å²) >= 11 is 5.06. The predicted octanol–water partition coefficient (Wildman–Crippen LogP) is 1.38. The van der Waals surface area contributed by atoms with Gasteiger partial charge in [0.15, 0.2) is 5.11 Å². The van der Waals surface area contributed by atoms with Gasteiger partial charge in [-0.05, 0) is 29.9 Å². The fourth-order valence-corrected chi connectivity index (χ4v) is 3.30. The number of rotatable bonds is 5. The van der Waals surface area contributed by atoms with E-state index < -0.39 is 11.8 Å². The summed E-state index contributed by atoms with van der Waals surface area (Å²) in [4.78, 5) is 38.6. The Labute approximate surface area is 179 Å². The van der Waals surface area contributed by atoms with E-state index in [1.54, 1.807) is 29.2 Å². The number of ether oxygens (including phenoxy) is 1. The van der Waals surface area contributed by atoms with Crippen LogP contribution in [0.1, 0.15) is 22.3 Å². The molecule has 3 N–H and O–H groups in total. The highest BCUT2D eigenvalue weighted by atomic mass is 32.1. The molecular formula is C21H22N4O4S. The van der Waals surface area contributed by atoms with Gasteiger partial charge in [-0.1, -0.05) is 42.5 Å². The lowest BCUT2D eigenvalue weighted by molar-refractivity contribution is -0.129. The number of methoxy groups -OCH3 is 1. The molecule has 1 fully saturated rings. The molecule has 1 atom stereocenters. The summed E-state index contributed by atoms with van der Waals surface area (Å²) < 4.78 is 5.15. The Kier molecular flexibility index (Phi) is 6.97. The summed E-state index contributed by atoms with van der Waals surface area (Å²) in [5.41, 5.74) is 6.28. The zero-order valence-corrected chi connectivity index (χ0v) is 17.2. The van der Waals surface area contributed by atoms with Gasteiger partial charge >= 0.3 is 0 Å². The lowest BCUT2D eigenvalue weighted by Crippen LogP contribution is -2.50. The predicted molar refractivity (Wildman–Crippen MR) is 114 cm³/mol. The highest BCUT2D eigenvalue weighted by Crippen LogP contribution is 2.20. The number of carbonyl (C=O) groups is 3. The molecule has 1 aliphatic rings. The molecule has 0 radical (unpaired) electrons. The third-order valence-corrected chi connectivity index (χ3v) is 4.88. The van der Waals surface area contributed by atoms with Crippen LogP contribution in [0.2, 0.25) is 0 Å². The number of likely N-dealkylation sites (tertiary alicyclic amines) is 1.